The normalized spacial score (nSPS) is 17.5. The molecule has 1 saturated heterocycles. The van der Waals surface area contributed by atoms with E-state index in [1.807, 2.05) is 24.1 Å². The lowest BCUT2D eigenvalue weighted by Gasteiger charge is -2.28. The third-order valence-electron chi connectivity index (χ3n) is 3.90. The molecule has 1 unspecified atom stereocenters. The predicted octanol–water partition coefficient (Wildman–Crippen LogP) is 1.88. The minimum Gasteiger partial charge on any atom is -0.338 e. The van der Waals surface area contributed by atoms with E-state index in [4.69, 9.17) is 0 Å². The molecule has 1 aliphatic heterocycles. The second-order valence-corrected chi connectivity index (χ2v) is 7.06. The maximum Gasteiger partial charge on any atom is 0.228 e. The van der Waals surface area contributed by atoms with Crippen LogP contribution in [-0.4, -0.2) is 47.4 Å². The number of hydrogen-bond donors (Lipinski definition) is 2. The molecule has 2 heterocycles. The first-order valence-electron chi connectivity index (χ1n) is 8.26. The van der Waals surface area contributed by atoms with E-state index in [0.717, 1.165) is 38.2 Å². The Morgan fingerprint density at radius 3 is 2.91 bits per heavy atom. The highest BCUT2D eigenvalue weighted by Gasteiger charge is 2.26. The van der Waals surface area contributed by atoms with Crippen LogP contribution >= 0.6 is 11.3 Å². The number of aromatic nitrogens is 1. The van der Waals surface area contributed by atoms with Gasteiger partial charge < -0.3 is 15.5 Å². The van der Waals surface area contributed by atoms with Gasteiger partial charge in [-0.15, -0.1) is 11.3 Å². The van der Waals surface area contributed by atoms with Crippen LogP contribution in [0.5, 0.6) is 0 Å². The molecule has 0 radical (unpaired) electrons. The smallest absolute Gasteiger partial charge is 0.228 e. The molecule has 0 aliphatic carbocycles. The van der Waals surface area contributed by atoms with E-state index in [-0.39, 0.29) is 17.7 Å². The largest absolute Gasteiger partial charge is 0.338 e. The lowest BCUT2D eigenvalue weighted by atomic mass is 10.2. The van der Waals surface area contributed by atoms with Crippen molar-refractivity contribution in [1.29, 1.82) is 0 Å². The van der Waals surface area contributed by atoms with Gasteiger partial charge in [-0.25, -0.2) is 4.98 Å². The Kier molecular flexibility index (Phi) is 6.53. The van der Waals surface area contributed by atoms with Crippen molar-refractivity contribution in [2.75, 3.05) is 25.0 Å². The molecule has 7 heteroatoms. The van der Waals surface area contributed by atoms with Gasteiger partial charge in [0.1, 0.15) is 0 Å². The van der Waals surface area contributed by atoms with Crippen molar-refractivity contribution < 1.29 is 9.59 Å². The zero-order chi connectivity index (χ0) is 16.8. The van der Waals surface area contributed by atoms with Crippen molar-refractivity contribution >= 4 is 28.3 Å². The fraction of sp³-hybridized carbons (Fsp3) is 0.688. The van der Waals surface area contributed by atoms with Crippen LogP contribution in [0.15, 0.2) is 5.38 Å². The van der Waals surface area contributed by atoms with Crippen LogP contribution in [0.3, 0.4) is 0 Å². The molecule has 1 fully saturated rings. The molecular formula is C16H26N4O2S. The van der Waals surface area contributed by atoms with Gasteiger partial charge in [-0.3, -0.25) is 9.59 Å². The van der Waals surface area contributed by atoms with E-state index >= 15 is 0 Å². The van der Waals surface area contributed by atoms with Gasteiger partial charge in [-0.1, -0.05) is 20.8 Å². The summed E-state index contributed by atoms with van der Waals surface area (Å²) >= 11 is 1.37. The summed E-state index contributed by atoms with van der Waals surface area (Å²) in [4.78, 5) is 30.6. The Labute approximate surface area is 141 Å². The monoisotopic (exact) mass is 338 g/mol. The van der Waals surface area contributed by atoms with Gasteiger partial charge in [-0.2, -0.15) is 0 Å². The molecule has 2 N–H and O–H groups in total. The highest BCUT2D eigenvalue weighted by Crippen LogP contribution is 2.18. The SMILES string of the molecule is CCCN(C(=O)Cc1csc(NC(=O)C(C)C)n1)C1CCNC1. The van der Waals surface area contributed by atoms with Crippen LogP contribution in [-0.2, 0) is 16.0 Å². The first-order chi connectivity index (χ1) is 11.0. The average Bonchev–Trinajstić information content (AvgIpc) is 3.16. The number of nitrogens with one attached hydrogen (secondary N) is 2. The number of carbonyl (C=O) groups is 2. The van der Waals surface area contributed by atoms with Crippen LogP contribution in [0.4, 0.5) is 5.13 Å². The first kappa shape index (κ1) is 17.9. The second kappa shape index (κ2) is 8.40. The molecule has 1 atom stereocenters. The summed E-state index contributed by atoms with van der Waals surface area (Å²) in [5, 5.41) is 8.51. The third kappa shape index (κ3) is 5.00. The molecule has 1 aromatic rings. The average molecular weight is 338 g/mol. The quantitative estimate of drug-likeness (QED) is 0.796. The molecule has 6 nitrogen and oxygen atoms in total. The molecule has 0 spiro atoms. The zero-order valence-electron chi connectivity index (χ0n) is 14.1. The van der Waals surface area contributed by atoms with Crippen molar-refractivity contribution in [3.05, 3.63) is 11.1 Å². The van der Waals surface area contributed by atoms with Crippen LogP contribution in [0.2, 0.25) is 0 Å². The summed E-state index contributed by atoms with van der Waals surface area (Å²) in [6.45, 7) is 8.40. The molecule has 2 amide bonds. The van der Waals surface area contributed by atoms with E-state index in [1.54, 1.807) is 0 Å². The Morgan fingerprint density at radius 1 is 1.52 bits per heavy atom. The standard InChI is InChI=1S/C16H26N4O2S/c1-4-7-20(13-5-6-17-9-13)14(21)8-12-10-23-16(18-12)19-15(22)11(2)3/h10-11,13,17H,4-9H2,1-3H3,(H,18,19,22). The maximum absolute atomic E-state index is 12.6. The summed E-state index contributed by atoms with van der Waals surface area (Å²) < 4.78 is 0. The summed E-state index contributed by atoms with van der Waals surface area (Å²) in [6.07, 6.45) is 2.26. The lowest BCUT2D eigenvalue weighted by Crippen LogP contribution is -2.42. The van der Waals surface area contributed by atoms with Crippen molar-refractivity contribution in [3.63, 3.8) is 0 Å². The van der Waals surface area contributed by atoms with E-state index in [9.17, 15) is 9.59 Å². The zero-order valence-corrected chi connectivity index (χ0v) is 14.9. The number of amides is 2. The molecule has 0 saturated carbocycles. The van der Waals surface area contributed by atoms with Gasteiger partial charge in [0.2, 0.25) is 11.8 Å². The van der Waals surface area contributed by atoms with Crippen molar-refractivity contribution in [3.8, 4) is 0 Å². The Morgan fingerprint density at radius 2 is 2.30 bits per heavy atom. The number of hydrogen-bond acceptors (Lipinski definition) is 5. The molecule has 0 bridgehead atoms. The van der Waals surface area contributed by atoms with Crippen molar-refractivity contribution in [1.82, 2.24) is 15.2 Å². The van der Waals surface area contributed by atoms with Gasteiger partial charge in [0.05, 0.1) is 12.1 Å². The molecule has 23 heavy (non-hydrogen) atoms. The van der Waals surface area contributed by atoms with Gasteiger partial charge >= 0.3 is 0 Å². The molecular weight excluding hydrogens is 312 g/mol. The van der Waals surface area contributed by atoms with Crippen LogP contribution in [0.1, 0.15) is 39.3 Å². The van der Waals surface area contributed by atoms with Crippen LogP contribution in [0.25, 0.3) is 0 Å². The molecule has 0 aromatic carbocycles. The summed E-state index contributed by atoms with van der Waals surface area (Å²) in [5.41, 5.74) is 0.728. The third-order valence-corrected chi connectivity index (χ3v) is 4.71. The number of carbonyl (C=O) groups excluding carboxylic acids is 2. The van der Waals surface area contributed by atoms with Gasteiger partial charge in [0.25, 0.3) is 0 Å². The van der Waals surface area contributed by atoms with Gasteiger partial charge in [0.15, 0.2) is 5.13 Å². The lowest BCUT2D eigenvalue weighted by molar-refractivity contribution is -0.132. The van der Waals surface area contributed by atoms with Gasteiger partial charge in [-0.05, 0) is 19.4 Å². The Bertz CT molecular complexity index is 538. The van der Waals surface area contributed by atoms with Crippen LogP contribution in [0, 0.1) is 5.92 Å². The summed E-state index contributed by atoms with van der Waals surface area (Å²) in [7, 11) is 0. The summed E-state index contributed by atoms with van der Waals surface area (Å²) in [5.74, 6) is -0.0200. The Balaban J connectivity index is 1.95. The highest BCUT2D eigenvalue weighted by atomic mass is 32.1. The number of thiazole rings is 1. The van der Waals surface area contributed by atoms with Gasteiger partial charge in [0, 0.05) is 30.4 Å². The van der Waals surface area contributed by atoms with E-state index in [0.29, 0.717) is 17.6 Å². The Hall–Kier alpha value is -1.47. The summed E-state index contributed by atoms with van der Waals surface area (Å²) in [6, 6.07) is 0.293. The molecule has 1 aromatic heterocycles. The topological polar surface area (TPSA) is 74.3 Å². The number of rotatable bonds is 7. The molecule has 1 aliphatic rings. The maximum atomic E-state index is 12.6. The predicted molar refractivity (Wildman–Crippen MR) is 92.6 cm³/mol. The molecule has 128 valence electrons. The fourth-order valence-electron chi connectivity index (χ4n) is 2.61. The minimum absolute atomic E-state index is 0.0538. The highest BCUT2D eigenvalue weighted by molar-refractivity contribution is 7.13. The fourth-order valence-corrected chi connectivity index (χ4v) is 3.32. The van der Waals surface area contributed by atoms with E-state index in [1.165, 1.54) is 11.3 Å². The number of anilines is 1. The van der Waals surface area contributed by atoms with Crippen LogP contribution < -0.4 is 10.6 Å². The second-order valence-electron chi connectivity index (χ2n) is 6.20. The van der Waals surface area contributed by atoms with Crippen molar-refractivity contribution in [2.24, 2.45) is 5.92 Å². The minimum atomic E-state index is -0.0844. The first-order valence-corrected chi connectivity index (χ1v) is 9.14. The molecule has 2 rings (SSSR count). The van der Waals surface area contributed by atoms with Crippen molar-refractivity contribution in [2.45, 2.75) is 46.1 Å². The van der Waals surface area contributed by atoms with E-state index in [2.05, 4.69) is 22.5 Å². The number of nitrogens with zero attached hydrogens (tertiary/aromatic N) is 2. The van der Waals surface area contributed by atoms with E-state index < -0.39 is 0 Å².